The third-order valence-electron chi connectivity index (χ3n) is 4.19. The number of hydrogen-bond acceptors (Lipinski definition) is 3. The predicted molar refractivity (Wildman–Crippen MR) is 99.5 cm³/mol. The predicted octanol–water partition coefficient (Wildman–Crippen LogP) is 3.58. The summed E-state index contributed by atoms with van der Waals surface area (Å²) in [5, 5.41) is 16.2. The van der Waals surface area contributed by atoms with Crippen molar-refractivity contribution in [1.82, 2.24) is 10.6 Å². The lowest BCUT2D eigenvalue weighted by atomic mass is 9.99. The maximum atomic E-state index is 12.5. The van der Waals surface area contributed by atoms with Gasteiger partial charge in [0.2, 0.25) is 0 Å². The van der Waals surface area contributed by atoms with Crippen molar-refractivity contribution in [3.63, 3.8) is 0 Å². The minimum Gasteiger partial charge on any atom is -0.466 e. The number of carbonyl (C=O) groups is 1. The first kappa shape index (κ1) is 17.8. The average Bonchev–Trinajstić information content (AvgIpc) is 3.22. The Kier molecular flexibility index (Phi) is 5.39. The summed E-state index contributed by atoms with van der Waals surface area (Å²) in [7, 11) is 0. The van der Waals surface area contributed by atoms with Crippen LogP contribution in [-0.2, 0) is 5.60 Å². The summed E-state index contributed by atoms with van der Waals surface area (Å²) >= 11 is 0. The highest BCUT2D eigenvalue weighted by Gasteiger charge is 2.27. The molecule has 1 aromatic heterocycles. The highest BCUT2D eigenvalue weighted by molar-refractivity contribution is 5.75. The Morgan fingerprint density at radius 3 is 2.08 bits per heavy atom. The van der Waals surface area contributed by atoms with Crippen molar-refractivity contribution in [2.24, 2.45) is 0 Å². The van der Waals surface area contributed by atoms with E-state index >= 15 is 0 Å². The summed E-state index contributed by atoms with van der Waals surface area (Å²) in [6.45, 7) is 1.63. The number of carbonyl (C=O) groups excluding carboxylic acids is 1. The molecule has 1 unspecified atom stereocenters. The van der Waals surface area contributed by atoms with Gasteiger partial charge in [-0.1, -0.05) is 60.7 Å². The second kappa shape index (κ2) is 7.89. The van der Waals surface area contributed by atoms with Crippen molar-refractivity contribution in [3.8, 4) is 0 Å². The molecule has 2 amide bonds. The zero-order valence-corrected chi connectivity index (χ0v) is 14.6. The average molecular weight is 350 g/mol. The molecule has 2 aromatic carbocycles. The van der Waals surface area contributed by atoms with Crippen LogP contribution in [0.3, 0.4) is 0 Å². The molecule has 3 N–H and O–H groups in total. The van der Waals surface area contributed by atoms with E-state index in [0.717, 1.165) is 11.1 Å². The first-order valence-corrected chi connectivity index (χ1v) is 8.47. The van der Waals surface area contributed by atoms with Gasteiger partial charge in [-0.15, -0.1) is 0 Å². The molecule has 5 nitrogen and oxygen atoms in total. The van der Waals surface area contributed by atoms with Gasteiger partial charge in [-0.3, -0.25) is 0 Å². The van der Waals surface area contributed by atoms with Crippen LogP contribution in [0, 0.1) is 0 Å². The third kappa shape index (κ3) is 4.32. The molecule has 1 heterocycles. The van der Waals surface area contributed by atoms with Crippen LogP contribution >= 0.6 is 0 Å². The Labute approximate surface area is 152 Å². The van der Waals surface area contributed by atoms with Crippen LogP contribution in [0.5, 0.6) is 0 Å². The number of furan rings is 1. The molecule has 0 saturated carbocycles. The van der Waals surface area contributed by atoms with Crippen molar-refractivity contribution < 1.29 is 14.3 Å². The van der Waals surface area contributed by atoms with Gasteiger partial charge in [0.15, 0.2) is 0 Å². The Morgan fingerprint density at radius 2 is 1.58 bits per heavy atom. The van der Waals surface area contributed by atoms with Gasteiger partial charge in [0.25, 0.3) is 0 Å². The molecule has 1 atom stereocenters. The van der Waals surface area contributed by atoms with Crippen molar-refractivity contribution in [2.75, 3.05) is 6.54 Å². The maximum Gasteiger partial charge on any atom is 0.315 e. The molecule has 0 saturated heterocycles. The van der Waals surface area contributed by atoms with E-state index in [1.165, 1.54) is 6.26 Å². The number of rotatable bonds is 6. The van der Waals surface area contributed by atoms with Crippen LogP contribution in [0.25, 0.3) is 0 Å². The SMILES string of the molecule is CC(O)(CNC(=O)NC(c1ccccc1)c1ccccc1)c1ccco1. The van der Waals surface area contributed by atoms with E-state index in [0.29, 0.717) is 5.76 Å². The monoisotopic (exact) mass is 350 g/mol. The minimum absolute atomic E-state index is 0.0304. The molecule has 26 heavy (non-hydrogen) atoms. The molecule has 0 spiro atoms. The van der Waals surface area contributed by atoms with Crippen LogP contribution < -0.4 is 10.6 Å². The topological polar surface area (TPSA) is 74.5 Å². The van der Waals surface area contributed by atoms with Gasteiger partial charge in [0.1, 0.15) is 11.4 Å². The fourth-order valence-corrected chi connectivity index (χ4v) is 2.76. The Hall–Kier alpha value is -3.05. The number of amides is 2. The second-order valence-electron chi connectivity index (χ2n) is 6.33. The van der Waals surface area contributed by atoms with Gasteiger partial charge < -0.3 is 20.2 Å². The van der Waals surface area contributed by atoms with E-state index in [1.54, 1.807) is 19.1 Å². The number of aliphatic hydroxyl groups is 1. The molecule has 0 aliphatic carbocycles. The first-order chi connectivity index (χ1) is 12.6. The third-order valence-corrected chi connectivity index (χ3v) is 4.19. The molecule has 3 aromatic rings. The Morgan fingerprint density at radius 1 is 1.00 bits per heavy atom. The fraction of sp³-hybridized carbons (Fsp3) is 0.190. The lowest BCUT2D eigenvalue weighted by Gasteiger charge is -2.24. The lowest BCUT2D eigenvalue weighted by molar-refractivity contribution is 0.0367. The van der Waals surface area contributed by atoms with Crippen molar-refractivity contribution in [1.29, 1.82) is 0 Å². The summed E-state index contributed by atoms with van der Waals surface area (Å²) in [4.78, 5) is 12.5. The van der Waals surface area contributed by atoms with Gasteiger partial charge in [-0.25, -0.2) is 4.79 Å². The van der Waals surface area contributed by atoms with E-state index in [4.69, 9.17) is 4.42 Å². The van der Waals surface area contributed by atoms with Gasteiger partial charge in [0.05, 0.1) is 18.8 Å². The molecule has 0 bridgehead atoms. The molecular weight excluding hydrogens is 328 g/mol. The number of benzene rings is 2. The smallest absolute Gasteiger partial charge is 0.315 e. The lowest BCUT2D eigenvalue weighted by Crippen LogP contribution is -2.44. The quantitative estimate of drug-likeness (QED) is 0.636. The van der Waals surface area contributed by atoms with Crippen molar-refractivity contribution >= 4 is 6.03 Å². The molecule has 134 valence electrons. The number of nitrogens with one attached hydrogen (secondary N) is 2. The largest absolute Gasteiger partial charge is 0.466 e. The van der Waals surface area contributed by atoms with Crippen LogP contribution in [0.2, 0.25) is 0 Å². The van der Waals surface area contributed by atoms with E-state index in [-0.39, 0.29) is 18.6 Å². The van der Waals surface area contributed by atoms with Gasteiger partial charge in [-0.2, -0.15) is 0 Å². The first-order valence-electron chi connectivity index (χ1n) is 8.47. The molecule has 0 aliphatic rings. The number of urea groups is 1. The van der Waals surface area contributed by atoms with Crippen LogP contribution in [0.15, 0.2) is 83.5 Å². The van der Waals surface area contributed by atoms with Crippen LogP contribution in [-0.4, -0.2) is 17.7 Å². The van der Waals surface area contributed by atoms with E-state index < -0.39 is 5.60 Å². The summed E-state index contributed by atoms with van der Waals surface area (Å²) in [5.74, 6) is 0.403. The maximum absolute atomic E-state index is 12.5. The van der Waals surface area contributed by atoms with Crippen molar-refractivity contribution in [2.45, 2.75) is 18.6 Å². The van der Waals surface area contributed by atoms with E-state index in [9.17, 15) is 9.90 Å². The van der Waals surface area contributed by atoms with E-state index in [1.807, 2.05) is 60.7 Å². The molecular formula is C21H22N2O3. The molecule has 0 radical (unpaired) electrons. The molecule has 0 fully saturated rings. The minimum atomic E-state index is -1.28. The summed E-state index contributed by atoms with van der Waals surface area (Å²) in [6.07, 6.45) is 1.49. The van der Waals surface area contributed by atoms with Gasteiger partial charge >= 0.3 is 6.03 Å². The van der Waals surface area contributed by atoms with Crippen LogP contribution in [0.1, 0.15) is 29.9 Å². The van der Waals surface area contributed by atoms with E-state index in [2.05, 4.69) is 10.6 Å². The molecule has 0 aliphatic heterocycles. The fourth-order valence-electron chi connectivity index (χ4n) is 2.76. The van der Waals surface area contributed by atoms with Gasteiger partial charge in [0, 0.05) is 0 Å². The molecule has 3 rings (SSSR count). The Balaban J connectivity index is 1.70. The highest BCUT2D eigenvalue weighted by atomic mass is 16.4. The summed E-state index contributed by atoms with van der Waals surface area (Å²) < 4.78 is 5.23. The normalized spacial score (nSPS) is 13.2. The zero-order valence-electron chi connectivity index (χ0n) is 14.6. The Bertz CT molecular complexity index is 775. The zero-order chi connectivity index (χ0) is 18.4. The summed E-state index contributed by atoms with van der Waals surface area (Å²) in [5.41, 5.74) is 0.675. The van der Waals surface area contributed by atoms with Gasteiger partial charge in [-0.05, 0) is 30.2 Å². The van der Waals surface area contributed by atoms with Crippen molar-refractivity contribution in [3.05, 3.63) is 95.9 Å². The highest BCUT2D eigenvalue weighted by Crippen LogP contribution is 2.22. The van der Waals surface area contributed by atoms with Crippen LogP contribution in [0.4, 0.5) is 4.79 Å². The molecule has 5 heteroatoms. The summed E-state index contributed by atoms with van der Waals surface area (Å²) in [6, 6.07) is 22.2. The number of hydrogen-bond donors (Lipinski definition) is 3. The standard InChI is InChI=1S/C21H22N2O3/c1-21(25,18-13-8-14-26-18)15-22-20(24)23-19(16-9-4-2-5-10-16)17-11-6-3-7-12-17/h2-14,19,25H,15H2,1H3,(H2,22,23,24). The second-order valence-corrected chi connectivity index (χ2v) is 6.33.